The van der Waals surface area contributed by atoms with E-state index in [-0.39, 0.29) is 11.9 Å². The van der Waals surface area contributed by atoms with Crippen LogP contribution in [0.25, 0.3) is 0 Å². The van der Waals surface area contributed by atoms with Crippen molar-refractivity contribution >= 4 is 33.2 Å². The van der Waals surface area contributed by atoms with E-state index < -0.39 is 16.1 Å². The molecule has 2 aromatic carbocycles. The molecular weight excluding hydrogens is 396 g/mol. The van der Waals surface area contributed by atoms with Gasteiger partial charge in [0.15, 0.2) is 0 Å². The molecule has 1 amide bonds. The smallest absolute Gasteiger partial charge is 0.244 e. The highest BCUT2D eigenvalue weighted by Crippen LogP contribution is 2.28. The fourth-order valence-electron chi connectivity index (χ4n) is 3.24. The Labute approximate surface area is 172 Å². The number of nitrogens with one attached hydrogen (secondary N) is 1. The third kappa shape index (κ3) is 5.06. The van der Waals surface area contributed by atoms with Gasteiger partial charge in [0.1, 0.15) is 6.04 Å². The van der Waals surface area contributed by atoms with Gasteiger partial charge < -0.3 is 5.32 Å². The van der Waals surface area contributed by atoms with Crippen molar-refractivity contribution in [1.82, 2.24) is 5.32 Å². The first-order chi connectivity index (χ1) is 12.9. The standard InChI is InChI=1S/C21H27ClN2O3S/c1-13-7-8-14(2)19(11-13)16(4)23-21(25)17(5)24(28(6,26)27)20-12-18(22)10-9-15(20)3/h7-12,16-17H,1-6H3,(H,23,25). The molecule has 0 radical (unpaired) electrons. The number of rotatable bonds is 6. The summed E-state index contributed by atoms with van der Waals surface area (Å²) in [5, 5.41) is 3.35. The summed E-state index contributed by atoms with van der Waals surface area (Å²) in [6.07, 6.45) is 1.09. The molecule has 2 unspecified atom stereocenters. The van der Waals surface area contributed by atoms with Crippen LogP contribution in [0.2, 0.25) is 5.02 Å². The third-order valence-corrected chi connectivity index (χ3v) is 6.22. The molecule has 0 heterocycles. The summed E-state index contributed by atoms with van der Waals surface area (Å²) >= 11 is 6.07. The SMILES string of the molecule is Cc1ccc(C)c(C(C)NC(=O)C(C)N(c2cc(Cl)ccc2C)S(C)(=O)=O)c1. The van der Waals surface area contributed by atoms with E-state index in [1.165, 1.54) is 0 Å². The zero-order valence-electron chi connectivity index (χ0n) is 17.1. The Morgan fingerprint density at radius 2 is 1.64 bits per heavy atom. The second-order valence-electron chi connectivity index (χ2n) is 7.26. The van der Waals surface area contributed by atoms with Crippen LogP contribution in [0.4, 0.5) is 5.69 Å². The van der Waals surface area contributed by atoms with Crippen LogP contribution in [0.15, 0.2) is 36.4 Å². The molecule has 0 fully saturated rings. The number of sulfonamides is 1. The van der Waals surface area contributed by atoms with Crippen molar-refractivity contribution in [2.75, 3.05) is 10.6 Å². The Bertz CT molecular complexity index is 989. The Hall–Kier alpha value is -2.05. The van der Waals surface area contributed by atoms with E-state index in [0.29, 0.717) is 10.7 Å². The normalized spacial score (nSPS) is 13.7. The first-order valence-electron chi connectivity index (χ1n) is 9.05. The van der Waals surface area contributed by atoms with Crippen LogP contribution in [0.1, 0.15) is 42.1 Å². The van der Waals surface area contributed by atoms with Gasteiger partial charge in [0.05, 0.1) is 18.0 Å². The van der Waals surface area contributed by atoms with Gasteiger partial charge in [-0.15, -0.1) is 0 Å². The molecule has 0 aliphatic carbocycles. The number of benzene rings is 2. The van der Waals surface area contributed by atoms with E-state index in [9.17, 15) is 13.2 Å². The fourth-order valence-corrected chi connectivity index (χ4v) is 4.63. The van der Waals surface area contributed by atoms with Crippen molar-refractivity contribution in [3.05, 3.63) is 63.7 Å². The summed E-state index contributed by atoms with van der Waals surface area (Å²) < 4.78 is 26.1. The van der Waals surface area contributed by atoms with Gasteiger partial charge in [0.2, 0.25) is 15.9 Å². The fraction of sp³-hybridized carbons (Fsp3) is 0.381. The van der Waals surface area contributed by atoms with Crippen molar-refractivity contribution in [3.8, 4) is 0 Å². The average molecular weight is 423 g/mol. The molecule has 5 nitrogen and oxygen atoms in total. The lowest BCUT2D eigenvalue weighted by Crippen LogP contribution is -2.48. The van der Waals surface area contributed by atoms with E-state index in [0.717, 1.165) is 32.8 Å². The number of anilines is 1. The highest BCUT2D eigenvalue weighted by molar-refractivity contribution is 7.92. The number of aryl methyl sites for hydroxylation is 3. The van der Waals surface area contributed by atoms with Crippen molar-refractivity contribution in [2.45, 2.75) is 46.7 Å². The molecule has 152 valence electrons. The number of carbonyl (C=O) groups is 1. The number of amides is 1. The highest BCUT2D eigenvalue weighted by Gasteiger charge is 2.31. The molecule has 2 aromatic rings. The van der Waals surface area contributed by atoms with Crippen LogP contribution in [0.5, 0.6) is 0 Å². The van der Waals surface area contributed by atoms with Gasteiger partial charge >= 0.3 is 0 Å². The molecule has 28 heavy (non-hydrogen) atoms. The average Bonchev–Trinajstić information content (AvgIpc) is 2.58. The topological polar surface area (TPSA) is 66.5 Å². The number of hydrogen-bond acceptors (Lipinski definition) is 3. The summed E-state index contributed by atoms with van der Waals surface area (Å²) in [6, 6.07) is 9.86. The summed E-state index contributed by atoms with van der Waals surface area (Å²) in [4.78, 5) is 12.9. The van der Waals surface area contributed by atoms with Crippen LogP contribution in [-0.4, -0.2) is 26.6 Å². The van der Waals surface area contributed by atoms with E-state index in [1.54, 1.807) is 32.0 Å². The molecule has 1 N–H and O–H groups in total. The van der Waals surface area contributed by atoms with Crippen molar-refractivity contribution < 1.29 is 13.2 Å². The molecule has 2 atom stereocenters. The summed E-state index contributed by atoms with van der Waals surface area (Å²) in [5.74, 6) is -0.377. The molecule has 2 rings (SSSR count). The Kier molecular flexibility index (Phi) is 6.78. The number of nitrogens with zero attached hydrogens (tertiary/aromatic N) is 1. The summed E-state index contributed by atoms with van der Waals surface area (Å²) in [5.41, 5.74) is 4.29. The lowest BCUT2D eigenvalue weighted by molar-refractivity contribution is -0.122. The third-order valence-electron chi connectivity index (χ3n) is 4.76. The molecule has 7 heteroatoms. The lowest BCUT2D eigenvalue weighted by atomic mass is 10.00. The largest absolute Gasteiger partial charge is 0.348 e. The number of halogens is 1. The molecule has 0 spiro atoms. The van der Waals surface area contributed by atoms with Gasteiger partial charge in [0, 0.05) is 5.02 Å². The van der Waals surface area contributed by atoms with E-state index in [1.807, 2.05) is 39.0 Å². The minimum atomic E-state index is -3.70. The summed E-state index contributed by atoms with van der Waals surface area (Å²) in [7, 11) is -3.70. The molecule has 0 aliphatic heterocycles. The second-order valence-corrected chi connectivity index (χ2v) is 9.55. The Morgan fingerprint density at radius 1 is 1.04 bits per heavy atom. The van der Waals surface area contributed by atoms with E-state index in [2.05, 4.69) is 5.32 Å². The highest BCUT2D eigenvalue weighted by atomic mass is 35.5. The maximum atomic E-state index is 12.9. The minimum absolute atomic E-state index is 0.253. The van der Waals surface area contributed by atoms with Gasteiger partial charge in [-0.25, -0.2) is 8.42 Å². The summed E-state index contributed by atoms with van der Waals surface area (Å²) in [6.45, 7) is 9.23. The predicted molar refractivity (Wildman–Crippen MR) is 115 cm³/mol. The van der Waals surface area contributed by atoms with Crippen molar-refractivity contribution in [3.63, 3.8) is 0 Å². The quantitative estimate of drug-likeness (QED) is 0.754. The molecule has 0 saturated heterocycles. The molecule has 0 aliphatic rings. The monoisotopic (exact) mass is 422 g/mol. The van der Waals surface area contributed by atoms with Crippen LogP contribution in [-0.2, 0) is 14.8 Å². The number of carbonyl (C=O) groups excluding carboxylic acids is 1. The van der Waals surface area contributed by atoms with Crippen molar-refractivity contribution in [1.29, 1.82) is 0 Å². The first-order valence-corrected chi connectivity index (χ1v) is 11.3. The van der Waals surface area contributed by atoms with Crippen LogP contribution in [0.3, 0.4) is 0 Å². The number of hydrogen-bond donors (Lipinski definition) is 1. The minimum Gasteiger partial charge on any atom is -0.348 e. The van der Waals surface area contributed by atoms with Crippen LogP contribution < -0.4 is 9.62 Å². The molecule has 0 saturated carbocycles. The van der Waals surface area contributed by atoms with Crippen LogP contribution in [0, 0.1) is 20.8 Å². The first kappa shape index (κ1) is 22.2. The Balaban J connectivity index is 2.34. The van der Waals surface area contributed by atoms with Gasteiger partial charge in [-0.2, -0.15) is 0 Å². The van der Waals surface area contributed by atoms with Gasteiger partial charge in [0.25, 0.3) is 0 Å². The van der Waals surface area contributed by atoms with Gasteiger partial charge in [-0.3, -0.25) is 9.10 Å². The van der Waals surface area contributed by atoms with Gasteiger partial charge in [-0.1, -0.05) is 41.4 Å². The maximum Gasteiger partial charge on any atom is 0.244 e. The predicted octanol–water partition coefficient (Wildman–Crippen LogP) is 4.30. The van der Waals surface area contributed by atoms with E-state index in [4.69, 9.17) is 11.6 Å². The molecular formula is C21H27ClN2O3S. The van der Waals surface area contributed by atoms with Crippen molar-refractivity contribution in [2.24, 2.45) is 0 Å². The molecule has 0 bridgehead atoms. The maximum absolute atomic E-state index is 12.9. The van der Waals surface area contributed by atoms with Gasteiger partial charge in [-0.05, 0) is 63.4 Å². The second kappa shape index (κ2) is 8.53. The zero-order chi connectivity index (χ0) is 21.2. The van der Waals surface area contributed by atoms with Crippen LogP contribution >= 0.6 is 11.6 Å². The Morgan fingerprint density at radius 3 is 2.25 bits per heavy atom. The zero-order valence-corrected chi connectivity index (χ0v) is 18.6. The lowest BCUT2D eigenvalue weighted by Gasteiger charge is -2.30. The van der Waals surface area contributed by atoms with E-state index >= 15 is 0 Å². The molecule has 0 aromatic heterocycles.